The smallest absolute Gasteiger partial charge is 0.0409 e. The second kappa shape index (κ2) is 5.73. The van der Waals surface area contributed by atoms with Gasteiger partial charge in [0.05, 0.1) is 0 Å². The molecule has 2 atom stereocenters. The van der Waals surface area contributed by atoms with Crippen LogP contribution in [0.1, 0.15) is 31.7 Å². The summed E-state index contributed by atoms with van der Waals surface area (Å²) >= 11 is 9.79. The highest BCUT2D eigenvalue weighted by Crippen LogP contribution is 2.39. The number of hydrogen-bond donors (Lipinski definition) is 1. The second-order valence-corrected chi connectivity index (χ2v) is 6.46. The number of benzene rings is 1. The van der Waals surface area contributed by atoms with Crippen molar-refractivity contribution in [2.45, 2.75) is 26.2 Å². The molecule has 17 heavy (non-hydrogen) atoms. The van der Waals surface area contributed by atoms with Crippen molar-refractivity contribution in [1.82, 2.24) is 5.32 Å². The van der Waals surface area contributed by atoms with E-state index in [0.717, 1.165) is 18.1 Å². The summed E-state index contributed by atoms with van der Waals surface area (Å²) in [6.07, 6.45) is 1.20. The van der Waals surface area contributed by atoms with Crippen LogP contribution in [-0.4, -0.2) is 13.1 Å². The summed E-state index contributed by atoms with van der Waals surface area (Å²) in [6.45, 7) is 6.83. The standard InChI is InChI=1S/C14H19BrClN/c1-9(2)13-8-17-6-5-11(13)12-7-10(16)3-4-14(12)15/h3-4,7,9,11,13,17H,5-6,8H2,1-2H3. The van der Waals surface area contributed by atoms with E-state index in [2.05, 4.69) is 47.2 Å². The maximum atomic E-state index is 6.13. The number of halogens is 2. The minimum absolute atomic E-state index is 0.615. The fourth-order valence-corrected chi connectivity index (χ4v) is 3.49. The van der Waals surface area contributed by atoms with Crippen LogP contribution >= 0.6 is 27.5 Å². The van der Waals surface area contributed by atoms with Gasteiger partial charge in [-0.15, -0.1) is 0 Å². The van der Waals surface area contributed by atoms with E-state index in [1.807, 2.05) is 6.07 Å². The minimum Gasteiger partial charge on any atom is -0.316 e. The van der Waals surface area contributed by atoms with Gasteiger partial charge in [0.1, 0.15) is 0 Å². The van der Waals surface area contributed by atoms with Crippen LogP contribution in [0, 0.1) is 11.8 Å². The third-order valence-electron chi connectivity index (χ3n) is 3.74. The molecule has 0 saturated carbocycles. The topological polar surface area (TPSA) is 12.0 Å². The zero-order valence-corrected chi connectivity index (χ0v) is 12.7. The molecule has 0 aliphatic carbocycles. The predicted octanol–water partition coefficient (Wildman–Crippen LogP) is 4.45. The summed E-state index contributed by atoms with van der Waals surface area (Å²) in [4.78, 5) is 0. The Bertz CT molecular complexity index is 392. The first-order valence-corrected chi connectivity index (χ1v) is 7.42. The maximum absolute atomic E-state index is 6.13. The SMILES string of the molecule is CC(C)C1CNCCC1c1cc(Cl)ccc1Br. The lowest BCUT2D eigenvalue weighted by molar-refractivity contribution is 0.254. The summed E-state index contributed by atoms with van der Waals surface area (Å²) in [6, 6.07) is 6.13. The van der Waals surface area contributed by atoms with Crippen LogP contribution in [0.3, 0.4) is 0 Å². The van der Waals surface area contributed by atoms with Gasteiger partial charge in [-0.3, -0.25) is 0 Å². The largest absolute Gasteiger partial charge is 0.316 e. The average Bonchev–Trinajstić information content (AvgIpc) is 2.32. The molecule has 1 aromatic rings. The molecule has 0 bridgehead atoms. The fraction of sp³-hybridized carbons (Fsp3) is 0.571. The molecular formula is C14H19BrClN. The van der Waals surface area contributed by atoms with E-state index in [0.29, 0.717) is 17.8 Å². The lowest BCUT2D eigenvalue weighted by atomic mass is 9.75. The molecule has 1 aliphatic heterocycles. The molecule has 94 valence electrons. The van der Waals surface area contributed by atoms with Crippen molar-refractivity contribution in [2.75, 3.05) is 13.1 Å². The Morgan fingerprint density at radius 1 is 1.41 bits per heavy atom. The van der Waals surface area contributed by atoms with Crippen LogP contribution in [-0.2, 0) is 0 Å². The highest BCUT2D eigenvalue weighted by Gasteiger charge is 2.29. The van der Waals surface area contributed by atoms with Crippen LogP contribution in [0.5, 0.6) is 0 Å². The van der Waals surface area contributed by atoms with E-state index < -0.39 is 0 Å². The number of piperidine rings is 1. The molecule has 2 unspecified atom stereocenters. The van der Waals surface area contributed by atoms with Crippen molar-refractivity contribution >= 4 is 27.5 Å². The fourth-order valence-electron chi connectivity index (χ4n) is 2.77. The minimum atomic E-state index is 0.615. The van der Waals surface area contributed by atoms with Crippen LogP contribution in [0.2, 0.25) is 5.02 Å². The van der Waals surface area contributed by atoms with Crippen LogP contribution in [0.4, 0.5) is 0 Å². The van der Waals surface area contributed by atoms with E-state index in [1.165, 1.54) is 16.5 Å². The van der Waals surface area contributed by atoms with Crippen molar-refractivity contribution in [1.29, 1.82) is 0 Å². The van der Waals surface area contributed by atoms with Gasteiger partial charge in [0.15, 0.2) is 0 Å². The summed E-state index contributed by atoms with van der Waals surface area (Å²) in [5, 5.41) is 4.34. The Balaban J connectivity index is 2.32. The molecular weight excluding hydrogens is 298 g/mol. The molecule has 1 saturated heterocycles. The zero-order chi connectivity index (χ0) is 12.4. The molecule has 0 amide bonds. The van der Waals surface area contributed by atoms with Gasteiger partial charge in [0.25, 0.3) is 0 Å². The molecule has 2 rings (SSSR count). The van der Waals surface area contributed by atoms with Gasteiger partial charge in [-0.1, -0.05) is 41.4 Å². The van der Waals surface area contributed by atoms with Gasteiger partial charge in [-0.25, -0.2) is 0 Å². The quantitative estimate of drug-likeness (QED) is 0.850. The normalized spacial score (nSPS) is 25.2. The highest BCUT2D eigenvalue weighted by molar-refractivity contribution is 9.10. The predicted molar refractivity (Wildman–Crippen MR) is 77.7 cm³/mol. The molecule has 0 radical (unpaired) electrons. The monoisotopic (exact) mass is 315 g/mol. The van der Waals surface area contributed by atoms with Gasteiger partial charge >= 0.3 is 0 Å². The zero-order valence-electron chi connectivity index (χ0n) is 10.3. The van der Waals surface area contributed by atoms with Crippen LogP contribution in [0.15, 0.2) is 22.7 Å². The third kappa shape index (κ3) is 3.04. The van der Waals surface area contributed by atoms with Crippen molar-refractivity contribution in [2.24, 2.45) is 11.8 Å². The Morgan fingerprint density at radius 2 is 2.18 bits per heavy atom. The summed E-state index contributed by atoms with van der Waals surface area (Å²) in [5.74, 6) is 2.00. The van der Waals surface area contributed by atoms with Gasteiger partial charge in [0, 0.05) is 9.50 Å². The Kier molecular flexibility index (Phi) is 4.51. The van der Waals surface area contributed by atoms with Crippen LogP contribution < -0.4 is 5.32 Å². The molecule has 0 spiro atoms. The lowest BCUT2D eigenvalue weighted by Gasteiger charge is -2.35. The molecule has 1 heterocycles. The van der Waals surface area contributed by atoms with Crippen LogP contribution in [0.25, 0.3) is 0 Å². The Morgan fingerprint density at radius 3 is 2.88 bits per heavy atom. The molecule has 1 aromatic carbocycles. The molecule has 1 fully saturated rings. The molecule has 1 N–H and O–H groups in total. The van der Waals surface area contributed by atoms with Crippen molar-refractivity contribution in [3.05, 3.63) is 33.3 Å². The van der Waals surface area contributed by atoms with E-state index in [-0.39, 0.29) is 0 Å². The summed E-state index contributed by atoms with van der Waals surface area (Å²) in [7, 11) is 0. The Hall–Kier alpha value is -0.0500. The number of rotatable bonds is 2. The molecule has 3 heteroatoms. The number of nitrogens with one attached hydrogen (secondary N) is 1. The number of hydrogen-bond acceptors (Lipinski definition) is 1. The highest BCUT2D eigenvalue weighted by atomic mass is 79.9. The summed E-state index contributed by atoms with van der Waals surface area (Å²) in [5.41, 5.74) is 1.37. The van der Waals surface area contributed by atoms with Crippen molar-refractivity contribution < 1.29 is 0 Å². The first-order valence-electron chi connectivity index (χ1n) is 6.25. The Labute approximate surface area is 117 Å². The molecule has 1 nitrogen and oxygen atoms in total. The average molecular weight is 317 g/mol. The molecule has 0 aromatic heterocycles. The van der Waals surface area contributed by atoms with Gasteiger partial charge in [-0.2, -0.15) is 0 Å². The third-order valence-corrected chi connectivity index (χ3v) is 4.70. The van der Waals surface area contributed by atoms with Gasteiger partial charge in [-0.05, 0) is 61.0 Å². The van der Waals surface area contributed by atoms with E-state index >= 15 is 0 Å². The van der Waals surface area contributed by atoms with E-state index in [9.17, 15) is 0 Å². The van der Waals surface area contributed by atoms with E-state index in [1.54, 1.807) is 0 Å². The lowest BCUT2D eigenvalue weighted by Crippen LogP contribution is -2.38. The van der Waals surface area contributed by atoms with Gasteiger partial charge < -0.3 is 5.32 Å². The summed E-state index contributed by atoms with van der Waals surface area (Å²) < 4.78 is 1.19. The first-order chi connectivity index (χ1) is 8.09. The maximum Gasteiger partial charge on any atom is 0.0409 e. The van der Waals surface area contributed by atoms with Gasteiger partial charge in [0.2, 0.25) is 0 Å². The van der Waals surface area contributed by atoms with Crippen molar-refractivity contribution in [3.8, 4) is 0 Å². The molecule has 1 aliphatic rings. The first kappa shape index (κ1) is 13.4. The second-order valence-electron chi connectivity index (χ2n) is 5.17. The van der Waals surface area contributed by atoms with Crippen molar-refractivity contribution in [3.63, 3.8) is 0 Å². The van der Waals surface area contributed by atoms with E-state index in [4.69, 9.17) is 11.6 Å².